The molecule has 0 aliphatic carbocycles. The van der Waals surface area contributed by atoms with E-state index in [2.05, 4.69) is 6.58 Å². The maximum Gasteiger partial charge on any atom is 0.404 e. The number of primary amides is 1. The van der Waals surface area contributed by atoms with E-state index in [1.54, 1.807) is 0 Å². The van der Waals surface area contributed by atoms with E-state index in [0.717, 1.165) is 18.9 Å². The van der Waals surface area contributed by atoms with Gasteiger partial charge in [0, 0.05) is 6.08 Å². The van der Waals surface area contributed by atoms with Crippen LogP contribution in [0.2, 0.25) is 0 Å². The van der Waals surface area contributed by atoms with Crippen LogP contribution in [0, 0.1) is 0 Å². The van der Waals surface area contributed by atoms with Gasteiger partial charge in [0.15, 0.2) is 0 Å². The third-order valence-corrected chi connectivity index (χ3v) is 1.74. The number of hydrogen-bond acceptors (Lipinski definition) is 4. The van der Waals surface area contributed by atoms with E-state index in [1.807, 2.05) is 6.92 Å². The number of rotatable bonds is 7. The van der Waals surface area contributed by atoms with Gasteiger partial charge >= 0.3 is 12.1 Å². The van der Waals surface area contributed by atoms with Crippen LogP contribution in [0.25, 0.3) is 0 Å². The topological polar surface area (TPSA) is 78.6 Å². The van der Waals surface area contributed by atoms with Gasteiger partial charge < -0.3 is 15.2 Å². The third kappa shape index (κ3) is 7.54. The monoisotopic (exact) mass is 215 g/mol. The second kappa shape index (κ2) is 7.84. The van der Waals surface area contributed by atoms with Gasteiger partial charge in [0.25, 0.3) is 0 Å². The highest BCUT2D eigenvalue weighted by molar-refractivity contribution is 5.81. The lowest BCUT2D eigenvalue weighted by Crippen LogP contribution is -2.27. The van der Waals surface area contributed by atoms with Gasteiger partial charge in [0.1, 0.15) is 12.7 Å². The Bertz CT molecular complexity index is 227. The number of ether oxygens (including phenoxy) is 2. The van der Waals surface area contributed by atoms with Crippen molar-refractivity contribution in [3.8, 4) is 0 Å². The fraction of sp³-hybridized carbons (Fsp3) is 0.600. The number of carbonyl (C=O) groups excluding carboxylic acids is 2. The van der Waals surface area contributed by atoms with Gasteiger partial charge in [-0.15, -0.1) is 0 Å². The lowest BCUT2D eigenvalue weighted by molar-refractivity contribution is -0.140. The molecule has 0 aliphatic rings. The Morgan fingerprint density at radius 1 is 1.53 bits per heavy atom. The van der Waals surface area contributed by atoms with Crippen LogP contribution < -0.4 is 5.73 Å². The summed E-state index contributed by atoms with van der Waals surface area (Å²) in [6.07, 6.45) is 2.21. The van der Waals surface area contributed by atoms with E-state index in [-0.39, 0.29) is 6.61 Å². The molecule has 0 aromatic rings. The summed E-state index contributed by atoms with van der Waals surface area (Å²) in [5, 5.41) is 0. The second-order valence-electron chi connectivity index (χ2n) is 3.04. The van der Waals surface area contributed by atoms with E-state index in [0.29, 0.717) is 6.42 Å². The van der Waals surface area contributed by atoms with Crippen molar-refractivity contribution in [3.05, 3.63) is 12.7 Å². The smallest absolute Gasteiger partial charge is 0.404 e. The molecule has 15 heavy (non-hydrogen) atoms. The fourth-order valence-corrected chi connectivity index (χ4v) is 1.01. The first-order valence-corrected chi connectivity index (χ1v) is 4.85. The molecule has 0 bridgehead atoms. The quantitative estimate of drug-likeness (QED) is 0.514. The molecule has 0 aliphatic heterocycles. The Kier molecular flexibility index (Phi) is 7.05. The van der Waals surface area contributed by atoms with E-state index in [9.17, 15) is 9.59 Å². The number of esters is 1. The van der Waals surface area contributed by atoms with Gasteiger partial charge in [-0.2, -0.15) is 0 Å². The van der Waals surface area contributed by atoms with Crippen LogP contribution in [0.4, 0.5) is 4.79 Å². The minimum atomic E-state index is -0.856. The SMILES string of the molecule is C=CC(=O)OCC(CCCC)OC(N)=O. The number of amides is 1. The fourth-order valence-electron chi connectivity index (χ4n) is 1.01. The van der Waals surface area contributed by atoms with E-state index in [4.69, 9.17) is 15.2 Å². The van der Waals surface area contributed by atoms with Crippen LogP contribution in [0.3, 0.4) is 0 Å². The first kappa shape index (κ1) is 13.5. The Hall–Kier alpha value is -1.52. The van der Waals surface area contributed by atoms with Crippen molar-refractivity contribution in [3.63, 3.8) is 0 Å². The summed E-state index contributed by atoms with van der Waals surface area (Å²) in [4.78, 5) is 21.3. The average Bonchev–Trinajstić information content (AvgIpc) is 2.20. The van der Waals surface area contributed by atoms with Crippen LogP contribution in [-0.4, -0.2) is 24.8 Å². The maximum atomic E-state index is 10.8. The molecule has 0 radical (unpaired) electrons. The summed E-state index contributed by atoms with van der Waals surface area (Å²) < 4.78 is 9.54. The summed E-state index contributed by atoms with van der Waals surface area (Å²) in [7, 11) is 0. The van der Waals surface area contributed by atoms with Crippen molar-refractivity contribution in [2.24, 2.45) is 5.73 Å². The second-order valence-corrected chi connectivity index (χ2v) is 3.04. The highest BCUT2D eigenvalue weighted by atomic mass is 16.6. The van der Waals surface area contributed by atoms with Gasteiger partial charge in [-0.1, -0.05) is 19.9 Å². The summed E-state index contributed by atoms with van der Waals surface area (Å²) in [6, 6.07) is 0. The van der Waals surface area contributed by atoms with Crippen molar-refractivity contribution in [1.29, 1.82) is 0 Å². The van der Waals surface area contributed by atoms with Gasteiger partial charge in [0.2, 0.25) is 0 Å². The normalized spacial score (nSPS) is 11.5. The molecule has 1 amide bonds. The molecule has 0 heterocycles. The molecule has 0 saturated heterocycles. The average molecular weight is 215 g/mol. The molecular weight excluding hydrogens is 198 g/mol. The number of unbranched alkanes of at least 4 members (excludes halogenated alkanes) is 1. The van der Waals surface area contributed by atoms with Crippen LogP contribution >= 0.6 is 0 Å². The van der Waals surface area contributed by atoms with Gasteiger partial charge in [0.05, 0.1) is 0 Å². The Balaban J connectivity index is 3.93. The molecule has 5 heteroatoms. The minimum Gasteiger partial charge on any atom is -0.459 e. The van der Waals surface area contributed by atoms with Crippen molar-refractivity contribution >= 4 is 12.1 Å². The zero-order chi connectivity index (χ0) is 11.7. The Morgan fingerprint density at radius 2 is 2.20 bits per heavy atom. The lowest BCUT2D eigenvalue weighted by atomic mass is 10.2. The highest BCUT2D eigenvalue weighted by Crippen LogP contribution is 2.05. The first-order valence-electron chi connectivity index (χ1n) is 4.85. The molecule has 86 valence electrons. The van der Waals surface area contributed by atoms with Crippen molar-refractivity contribution < 1.29 is 19.1 Å². The highest BCUT2D eigenvalue weighted by Gasteiger charge is 2.13. The summed E-state index contributed by atoms with van der Waals surface area (Å²) in [5.74, 6) is -0.537. The summed E-state index contributed by atoms with van der Waals surface area (Å²) >= 11 is 0. The van der Waals surface area contributed by atoms with Crippen LogP contribution in [0.1, 0.15) is 26.2 Å². The largest absolute Gasteiger partial charge is 0.459 e. The summed E-state index contributed by atoms with van der Waals surface area (Å²) in [6.45, 7) is 5.29. The van der Waals surface area contributed by atoms with Crippen LogP contribution in [0.5, 0.6) is 0 Å². The van der Waals surface area contributed by atoms with Crippen molar-refractivity contribution in [2.45, 2.75) is 32.3 Å². The molecular formula is C10H17NO4. The molecule has 0 spiro atoms. The molecule has 1 atom stereocenters. The maximum absolute atomic E-state index is 10.8. The molecule has 0 rings (SSSR count). The standard InChI is InChI=1S/C10H17NO4/c1-3-5-6-8(15-10(11)13)7-14-9(12)4-2/h4,8H,2-3,5-7H2,1H3,(H2,11,13). The first-order chi connectivity index (χ1) is 7.10. The van der Waals surface area contributed by atoms with E-state index >= 15 is 0 Å². The minimum absolute atomic E-state index is 0.0216. The molecule has 2 N–H and O–H groups in total. The van der Waals surface area contributed by atoms with Crippen LogP contribution in [-0.2, 0) is 14.3 Å². The van der Waals surface area contributed by atoms with E-state index < -0.39 is 18.2 Å². The Morgan fingerprint density at radius 3 is 2.67 bits per heavy atom. The number of nitrogens with two attached hydrogens (primary N) is 1. The lowest BCUT2D eigenvalue weighted by Gasteiger charge is -2.15. The van der Waals surface area contributed by atoms with Crippen LogP contribution in [0.15, 0.2) is 12.7 Å². The molecule has 0 saturated carbocycles. The molecule has 5 nitrogen and oxygen atoms in total. The third-order valence-electron chi connectivity index (χ3n) is 1.74. The molecule has 0 aromatic heterocycles. The van der Waals surface area contributed by atoms with Gasteiger partial charge in [-0.3, -0.25) is 0 Å². The molecule has 0 aromatic carbocycles. The zero-order valence-electron chi connectivity index (χ0n) is 8.90. The van der Waals surface area contributed by atoms with E-state index in [1.165, 1.54) is 0 Å². The summed E-state index contributed by atoms with van der Waals surface area (Å²) in [5.41, 5.74) is 4.88. The molecule has 1 unspecified atom stereocenters. The Labute approximate surface area is 89.2 Å². The predicted molar refractivity (Wildman–Crippen MR) is 55.1 cm³/mol. The number of carbonyl (C=O) groups is 2. The van der Waals surface area contributed by atoms with Gasteiger partial charge in [-0.05, 0) is 12.8 Å². The van der Waals surface area contributed by atoms with Gasteiger partial charge in [-0.25, -0.2) is 9.59 Å². The molecule has 0 fully saturated rings. The predicted octanol–water partition coefficient (Wildman–Crippen LogP) is 1.37. The van der Waals surface area contributed by atoms with Crippen molar-refractivity contribution in [1.82, 2.24) is 0 Å². The number of hydrogen-bond donors (Lipinski definition) is 1. The van der Waals surface area contributed by atoms with Crippen molar-refractivity contribution in [2.75, 3.05) is 6.61 Å². The zero-order valence-corrected chi connectivity index (χ0v) is 8.90.